The predicted octanol–water partition coefficient (Wildman–Crippen LogP) is 3.07. The zero-order valence-electron chi connectivity index (χ0n) is 11.8. The number of methoxy groups -OCH3 is 1. The average Bonchev–Trinajstić information content (AvgIpc) is 2.90. The molecule has 0 saturated carbocycles. The third kappa shape index (κ3) is 4.06. The largest absolute Gasteiger partial charge is 0.496 e. The standard InChI is InChI=1S/C16H22O3/c1-12-5-8-16(18-2)13(10-12)11-14(17)6-7-15-4-3-9-19-15/h5,8,10,15H,3-4,6-7,9,11H2,1-2H3. The van der Waals surface area contributed by atoms with E-state index in [1.165, 1.54) is 0 Å². The van der Waals surface area contributed by atoms with Crippen LogP contribution in [0.2, 0.25) is 0 Å². The third-order valence-electron chi connectivity index (χ3n) is 3.59. The molecule has 3 nitrogen and oxygen atoms in total. The van der Waals surface area contributed by atoms with Crippen molar-refractivity contribution in [3.63, 3.8) is 0 Å². The van der Waals surface area contributed by atoms with Gasteiger partial charge in [0.2, 0.25) is 0 Å². The molecular formula is C16H22O3. The van der Waals surface area contributed by atoms with E-state index in [0.29, 0.717) is 18.9 Å². The van der Waals surface area contributed by atoms with Crippen molar-refractivity contribution in [3.05, 3.63) is 29.3 Å². The fraction of sp³-hybridized carbons (Fsp3) is 0.562. The molecule has 0 radical (unpaired) electrons. The van der Waals surface area contributed by atoms with Crippen LogP contribution in [-0.2, 0) is 16.0 Å². The van der Waals surface area contributed by atoms with Crippen molar-refractivity contribution >= 4 is 5.78 Å². The SMILES string of the molecule is COc1ccc(C)cc1CC(=O)CCC1CCCO1. The molecule has 1 saturated heterocycles. The highest BCUT2D eigenvalue weighted by Crippen LogP contribution is 2.22. The maximum atomic E-state index is 12.0. The van der Waals surface area contributed by atoms with Crippen LogP contribution in [0.15, 0.2) is 18.2 Å². The molecule has 0 bridgehead atoms. The molecule has 19 heavy (non-hydrogen) atoms. The monoisotopic (exact) mass is 262 g/mol. The lowest BCUT2D eigenvalue weighted by molar-refractivity contribution is -0.119. The van der Waals surface area contributed by atoms with E-state index in [-0.39, 0.29) is 5.78 Å². The number of ether oxygens (including phenoxy) is 2. The summed E-state index contributed by atoms with van der Waals surface area (Å²) in [6.45, 7) is 2.88. The number of hydrogen-bond donors (Lipinski definition) is 0. The second kappa shape index (κ2) is 6.71. The minimum absolute atomic E-state index is 0.263. The predicted molar refractivity (Wildman–Crippen MR) is 74.7 cm³/mol. The highest BCUT2D eigenvalue weighted by Gasteiger charge is 2.17. The number of hydrogen-bond acceptors (Lipinski definition) is 3. The zero-order chi connectivity index (χ0) is 13.7. The maximum absolute atomic E-state index is 12.0. The molecule has 1 aromatic rings. The lowest BCUT2D eigenvalue weighted by Gasteiger charge is -2.10. The normalized spacial score (nSPS) is 18.5. The van der Waals surface area contributed by atoms with E-state index in [0.717, 1.165) is 42.7 Å². The van der Waals surface area contributed by atoms with Gasteiger partial charge in [-0.3, -0.25) is 4.79 Å². The Hall–Kier alpha value is -1.35. The van der Waals surface area contributed by atoms with Gasteiger partial charge in [-0.2, -0.15) is 0 Å². The van der Waals surface area contributed by atoms with Crippen LogP contribution in [0.4, 0.5) is 0 Å². The fourth-order valence-electron chi connectivity index (χ4n) is 2.54. The molecule has 0 spiro atoms. The quantitative estimate of drug-likeness (QED) is 0.790. The molecule has 1 atom stereocenters. The number of benzene rings is 1. The van der Waals surface area contributed by atoms with Gasteiger partial charge >= 0.3 is 0 Å². The van der Waals surface area contributed by atoms with Crippen LogP contribution in [0.5, 0.6) is 5.75 Å². The molecule has 1 aliphatic heterocycles. The van der Waals surface area contributed by atoms with Crippen molar-refractivity contribution in [1.29, 1.82) is 0 Å². The van der Waals surface area contributed by atoms with Gasteiger partial charge in [0.05, 0.1) is 13.2 Å². The Morgan fingerprint density at radius 3 is 3.00 bits per heavy atom. The van der Waals surface area contributed by atoms with Crippen LogP contribution in [-0.4, -0.2) is 25.6 Å². The molecule has 0 aromatic heterocycles. The number of aryl methyl sites for hydroxylation is 1. The van der Waals surface area contributed by atoms with E-state index >= 15 is 0 Å². The van der Waals surface area contributed by atoms with Gasteiger partial charge in [-0.05, 0) is 32.3 Å². The number of Topliss-reactive ketones (excluding diaryl/α,β-unsaturated/α-hetero) is 1. The summed E-state index contributed by atoms with van der Waals surface area (Å²) in [6, 6.07) is 5.96. The topological polar surface area (TPSA) is 35.5 Å². The Balaban J connectivity index is 1.88. The van der Waals surface area contributed by atoms with Crippen LogP contribution in [0.3, 0.4) is 0 Å². The second-order valence-electron chi connectivity index (χ2n) is 5.20. The maximum Gasteiger partial charge on any atom is 0.137 e. The summed E-state index contributed by atoms with van der Waals surface area (Å²) in [5.41, 5.74) is 2.14. The first-order chi connectivity index (χ1) is 9.19. The summed E-state index contributed by atoms with van der Waals surface area (Å²) < 4.78 is 10.8. The fourth-order valence-corrected chi connectivity index (χ4v) is 2.54. The summed E-state index contributed by atoms with van der Waals surface area (Å²) in [5.74, 6) is 1.07. The van der Waals surface area contributed by atoms with Gasteiger partial charge in [-0.1, -0.05) is 17.7 Å². The lowest BCUT2D eigenvalue weighted by Crippen LogP contribution is -2.10. The number of rotatable bonds is 6. The zero-order valence-corrected chi connectivity index (χ0v) is 11.8. The average molecular weight is 262 g/mol. The van der Waals surface area contributed by atoms with Gasteiger partial charge in [-0.15, -0.1) is 0 Å². The highest BCUT2D eigenvalue weighted by molar-refractivity contribution is 5.81. The Labute approximate surface area is 114 Å². The summed E-state index contributed by atoms with van der Waals surface area (Å²) in [4.78, 5) is 12.0. The molecule has 2 rings (SSSR count). The van der Waals surface area contributed by atoms with Crippen molar-refractivity contribution in [2.45, 2.75) is 45.1 Å². The van der Waals surface area contributed by atoms with Gasteiger partial charge in [0.15, 0.2) is 0 Å². The van der Waals surface area contributed by atoms with E-state index in [9.17, 15) is 4.79 Å². The summed E-state index contributed by atoms with van der Waals surface area (Å²) in [7, 11) is 1.64. The minimum Gasteiger partial charge on any atom is -0.496 e. The van der Waals surface area contributed by atoms with Crippen LogP contribution in [0.25, 0.3) is 0 Å². The van der Waals surface area contributed by atoms with Gasteiger partial charge in [0, 0.05) is 25.0 Å². The van der Waals surface area contributed by atoms with Crippen LogP contribution in [0, 0.1) is 6.92 Å². The van der Waals surface area contributed by atoms with Gasteiger partial charge < -0.3 is 9.47 Å². The Morgan fingerprint density at radius 2 is 2.32 bits per heavy atom. The molecule has 0 aliphatic carbocycles. The van der Waals surface area contributed by atoms with E-state index in [4.69, 9.17) is 9.47 Å². The summed E-state index contributed by atoms with van der Waals surface area (Å²) in [5, 5.41) is 0. The first-order valence-electron chi connectivity index (χ1n) is 6.96. The first kappa shape index (κ1) is 14.1. The Kier molecular flexibility index (Phi) is 4.97. The molecule has 0 N–H and O–H groups in total. The van der Waals surface area contributed by atoms with Crippen molar-refractivity contribution in [1.82, 2.24) is 0 Å². The third-order valence-corrected chi connectivity index (χ3v) is 3.59. The van der Waals surface area contributed by atoms with E-state index < -0.39 is 0 Å². The van der Waals surface area contributed by atoms with E-state index in [2.05, 4.69) is 0 Å². The Bertz CT molecular complexity index is 434. The van der Waals surface area contributed by atoms with Crippen molar-refractivity contribution in [2.75, 3.05) is 13.7 Å². The van der Waals surface area contributed by atoms with Crippen LogP contribution >= 0.6 is 0 Å². The number of ketones is 1. The van der Waals surface area contributed by atoms with Crippen LogP contribution < -0.4 is 4.74 Å². The molecule has 1 aromatic carbocycles. The molecule has 104 valence electrons. The van der Waals surface area contributed by atoms with E-state index in [1.807, 2.05) is 25.1 Å². The van der Waals surface area contributed by atoms with Crippen molar-refractivity contribution < 1.29 is 14.3 Å². The number of carbonyl (C=O) groups excluding carboxylic acids is 1. The highest BCUT2D eigenvalue weighted by atomic mass is 16.5. The second-order valence-corrected chi connectivity index (χ2v) is 5.20. The molecular weight excluding hydrogens is 240 g/mol. The minimum atomic E-state index is 0.263. The summed E-state index contributed by atoms with van der Waals surface area (Å²) >= 11 is 0. The first-order valence-corrected chi connectivity index (χ1v) is 6.96. The smallest absolute Gasteiger partial charge is 0.137 e. The molecule has 1 fully saturated rings. The van der Waals surface area contributed by atoms with Gasteiger partial charge in [0.25, 0.3) is 0 Å². The lowest BCUT2D eigenvalue weighted by atomic mass is 10.0. The van der Waals surface area contributed by atoms with E-state index in [1.54, 1.807) is 7.11 Å². The van der Waals surface area contributed by atoms with Crippen molar-refractivity contribution in [3.8, 4) is 5.75 Å². The molecule has 1 heterocycles. The number of carbonyl (C=O) groups is 1. The molecule has 1 aliphatic rings. The molecule has 1 unspecified atom stereocenters. The summed E-state index contributed by atoms with van der Waals surface area (Å²) in [6.07, 6.45) is 4.43. The van der Waals surface area contributed by atoms with Gasteiger partial charge in [0.1, 0.15) is 11.5 Å². The molecule has 0 amide bonds. The van der Waals surface area contributed by atoms with Crippen LogP contribution in [0.1, 0.15) is 36.8 Å². The Morgan fingerprint density at radius 1 is 1.47 bits per heavy atom. The molecule has 3 heteroatoms. The van der Waals surface area contributed by atoms with Gasteiger partial charge in [-0.25, -0.2) is 0 Å². The van der Waals surface area contributed by atoms with Crippen molar-refractivity contribution in [2.24, 2.45) is 0 Å².